The number of anilines is 1. The molecule has 0 radical (unpaired) electrons. The van der Waals surface area contributed by atoms with Gasteiger partial charge in [0.2, 0.25) is 0 Å². The minimum atomic E-state index is -0.0102. The zero-order chi connectivity index (χ0) is 18.5. The van der Waals surface area contributed by atoms with Crippen molar-refractivity contribution in [1.29, 1.82) is 0 Å². The number of rotatable bonds is 4. The van der Waals surface area contributed by atoms with Gasteiger partial charge >= 0.3 is 0 Å². The Bertz CT molecular complexity index is 909. The highest BCUT2D eigenvalue weighted by Gasteiger charge is 2.17. The number of thiocarbonyl (C=S) groups is 1. The Morgan fingerprint density at radius 3 is 2.38 bits per heavy atom. The van der Waals surface area contributed by atoms with Gasteiger partial charge in [0.15, 0.2) is 5.11 Å². The summed E-state index contributed by atoms with van der Waals surface area (Å²) in [6.07, 6.45) is 0. The lowest BCUT2D eigenvalue weighted by atomic mass is 9.94. The molecule has 0 saturated carbocycles. The molecule has 2 nitrogen and oxygen atoms in total. The Morgan fingerprint density at radius 2 is 1.69 bits per heavy atom. The van der Waals surface area contributed by atoms with Crippen LogP contribution in [-0.2, 0) is 0 Å². The maximum Gasteiger partial charge on any atom is 0.171 e. The summed E-state index contributed by atoms with van der Waals surface area (Å²) in [5, 5.41) is 7.35. The quantitative estimate of drug-likeness (QED) is 0.491. The highest BCUT2D eigenvalue weighted by atomic mass is 79.9. The van der Waals surface area contributed by atoms with Gasteiger partial charge in [-0.2, -0.15) is 0 Å². The van der Waals surface area contributed by atoms with Crippen molar-refractivity contribution in [1.82, 2.24) is 5.32 Å². The fourth-order valence-electron chi connectivity index (χ4n) is 3.00. The summed E-state index contributed by atoms with van der Waals surface area (Å²) in [5.74, 6) is 0. The van der Waals surface area contributed by atoms with E-state index in [1.807, 2.05) is 30.3 Å². The fourth-order valence-corrected chi connectivity index (χ4v) is 3.64. The Balaban J connectivity index is 1.87. The van der Waals surface area contributed by atoms with Crippen molar-refractivity contribution in [3.8, 4) is 0 Å². The van der Waals surface area contributed by atoms with Gasteiger partial charge < -0.3 is 10.6 Å². The largest absolute Gasteiger partial charge is 0.352 e. The molecule has 3 aromatic rings. The van der Waals surface area contributed by atoms with E-state index >= 15 is 0 Å². The first-order valence-corrected chi connectivity index (χ1v) is 9.68. The third kappa shape index (κ3) is 4.71. The second-order valence-electron chi connectivity index (χ2n) is 6.31. The van der Waals surface area contributed by atoms with E-state index in [1.54, 1.807) is 0 Å². The van der Waals surface area contributed by atoms with E-state index in [0.29, 0.717) is 5.11 Å². The molecule has 2 N–H and O–H groups in total. The summed E-state index contributed by atoms with van der Waals surface area (Å²) in [7, 11) is 0. The molecule has 132 valence electrons. The standard InChI is InChI=1S/C22H21BrN2S/c1-15-11-12-20(16(2)13-15)21(17-7-4-3-5-8-17)25-22(26)24-19-10-6-9-18(23)14-19/h3-14,21H,1-2H3,(H2,24,25,26). The number of nitrogens with one attached hydrogen (secondary N) is 2. The topological polar surface area (TPSA) is 24.1 Å². The van der Waals surface area contributed by atoms with Crippen molar-refractivity contribution >= 4 is 38.9 Å². The molecular formula is C22H21BrN2S. The average Bonchev–Trinajstić information content (AvgIpc) is 2.61. The van der Waals surface area contributed by atoms with E-state index in [-0.39, 0.29) is 6.04 Å². The lowest BCUT2D eigenvalue weighted by Crippen LogP contribution is -2.33. The van der Waals surface area contributed by atoms with Gasteiger partial charge in [0.1, 0.15) is 0 Å². The number of hydrogen-bond acceptors (Lipinski definition) is 1. The number of benzene rings is 3. The maximum atomic E-state index is 5.59. The molecule has 26 heavy (non-hydrogen) atoms. The van der Waals surface area contributed by atoms with Gasteiger partial charge in [0.05, 0.1) is 6.04 Å². The van der Waals surface area contributed by atoms with Crippen molar-refractivity contribution in [2.75, 3.05) is 5.32 Å². The van der Waals surface area contributed by atoms with Crippen molar-refractivity contribution in [2.45, 2.75) is 19.9 Å². The highest BCUT2D eigenvalue weighted by molar-refractivity contribution is 9.10. The van der Waals surface area contributed by atoms with Crippen molar-refractivity contribution < 1.29 is 0 Å². The third-order valence-corrected chi connectivity index (χ3v) is 4.94. The minimum Gasteiger partial charge on any atom is -0.352 e. The van der Waals surface area contributed by atoms with Gasteiger partial charge in [0.25, 0.3) is 0 Å². The van der Waals surface area contributed by atoms with Crippen LogP contribution in [0.15, 0.2) is 77.3 Å². The molecule has 0 aliphatic rings. The smallest absolute Gasteiger partial charge is 0.171 e. The molecular weight excluding hydrogens is 404 g/mol. The van der Waals surface area contributed by atoms with Crippen LogP contribution in [0.5, 0.6) is 0 Å². The fraction of sp³-hybridized carbons (Fsp3) is 0.136. The van der Waals surface area contributed by atoms with Crippen molar-refractivity contribution in [3.63, 3.8) is 0 Å². The summed E-state index contributed by atoms with van der Waals surface area (Å²) in [4.78, 5) is 0. The van der Waals surface area contributed by atoms with Crippen LogP contribution in [0.1, 0.15) is 28.3 Å². The number of halogens is 1. The summed E-state index contributed by atoms with van der Waals surface area (Å²) in [6, 6.07) is 24.9. The van der Waals surface area contributed by atoms with Crippen LogP contribution >= 0.6 is 28.1 Å². The van der Waals surface area contributed by atoms with E-state index in [9.17, 15) is 0 Å². The molecule has 0 saturated heterocycles. The van der Waals surface area contributed by atoms with Crippen LogP contribution < -0.4 is 10.6 Å². The van der Waals surface area contributed by atoms with Crippen LogP contribution in [0.25, 0.3) is 0 Å². The Hall–Kier alpha value is -2.17. The van der Waals surface area contributed by atoms with Gasteiger partial charge in [-0.25, -0.2) is 0 Å². The van der Waals surface area contributed by atoms with E-state index in [0.717, 1.165) is 10.2 Å². The normalized spacial score (nSPS) is 11.7. The first kappa shape index (κ1) is 18.6. The van der Waals surface area contributed by atoms with E-state index in [4.69, 9.17) is 12.2 Å². The minimum absolute atomic E-state index is 0.0102. The lowest BCUT2D eigenvalue weighted by molar-refractivity contribution is 0.762. The molecule has 0 aliphatic carbocycles. The third-order valence-electron chi connectivity index (χ3n) is 4.23. The van der Waals surface area contributed by atoms with Crippen LogP contribution in [0.2, 0.25) is 0 Å². The SMILES string of the molecule is Cc1ccc(C(NC(=S)Nc2cccc(Br)c2)c2ccccc2)c(C)c1. The molecule has 1 unspecified atom stereocenters. The molecule has 0 heterocycles. The number of hydrogen-bond donors (Lipinski definition) is 2. The highest BCUT2D eigenvalue weighted by Crippen LogP contribution is 2.26. The molecule has 3 rings (SSSR count). The van der Waals surface area contributed by atoms with Gasteiger partial charge in [-0.1, -0.05) is 76.1 Å². The summed E-state index contributed by atoms with van der Waals surface area (Å²) in [5.41, 5.74) is 5.85. The summed E-state index contributed by atoms with van der Waals surface area (Å²) < 4.78 is 1.01. The predicted molar refractivity (Wildman–Crippen MR) is 118 cm³/mol. The van der Waals surface area contributed by atoms with Crippen LogP contribution in [0.3, 0.4) is 0 Å². The van der Waals surface area contributed by atoms with Gasteiger partial charge in [-0.3, -0.25) is 0 Å². The zero-order valence-corrected chi connectivity index (χ0v) is 17.2. The number of aryl methyl sites for hydroxylation is 2. The van der Waals surface area contributed by atoms with Gasteiger partial charge in [-0.15, -0.1) is 0 Å². The Labute approximate surface area is 168 Å². The van der Waals surface area contributed by atoms with Crippen LogP contribution in [0.4, 0.5) is 5.69 Å². The predicted octanol–water partition coefficient (Wildman–Crippen LogP) is 6.14. The molecule has 0 aromatic heterocycles. The Kier molecular flexibility index (Phi) is 6.07. The van der Waals surface area contributed by atoms with E-state index in [1.165, 1.54) is 22.3 Å². The van der Waals surface area contributed by atoms with Gasteiger partial charge in [-0.05, 0) is 61.0 Å². The summed E-state index contributed by atoms with van der Waals surface area (Å²) >= 11 is 9.08. The second kappa shape index (κ2) is 8.47. The van der Waals surface area contributed by atoms with Crippen molar-refractivity contribution in [3.05, 3.63) is 99.5 Å². The van der Waals surface area contributed by atoms with E-state index in [2.05, 4.69) is 82.9 Å². The molecule has 4 heteroatoms. The molecule has 0 bridgehead atoms. The molecule has 1 atom stereocenters. The zero-order valence-electron chi connectivity index (χ0n) is 14.8. The molecule has 0 amide bonds. The summed E-state index contributed by atoms with van der Waals surface area (Å²) in [6.45, 7) is 4.26. The monoisotopic (exact) mass is 424 g/mol. The van der Waals surface area contributed by atoms with Gasteiger partial charge in [0, 0.05) is 10.2 Å². The Morgan fingerprint density at radius 1 is 0.923 bits per heavy atom. The van der Waals surface area contributed by atoms with E-state index < -0.39 is 0 Å². The first-order chi connectivity index (χ1) is 12.5. The maximum absolute atomic E-state index is 5.59. The second-order valence-corrected chi connectivity index (χ2v) is 7.64. The van der Waals surface area contributed by atoms with Crippen LogP contribution in [0, 0.1) is 13.8 Å². The lowest BCUT2D eigenvalue weighted by Gasteiger charge is -2.24. The molecule has 0 aliphatic heterocycles. The molecule has 0 spiro atoms. The van der Waals surface area contributed by atoms with Crippen molar-refractivity contribution in [2.24, 2.45) is 0 Å². The first-order valence-electron chi connectivity index (χ1n) is 8.48. The average molecular weight is 425 g/mol. The molecule has 3 aromatic carbocycles. The molecule has 0 fully saturated rings. The van der Waals surface area contributed by atoms with Crippen LogP contribution in [-0.4, -0.2) is 5.11 Å².